The molecule has 30 heavy (non-hydrogen) atoms. The van der Waals surface area contributed by atoms with Crippen molar-refractivity contribution in [3.8, 4) is 5.75 Å². The number of pyridine rings is 1. The van der Waals surface area contributed by atoms with Gasteiger partial charge in [-0.2, -0.15) is 0 Å². The number of carbonyl (C=O) groups is 1. The van der Waals surface area contributed by atoms with Gasteiger partial charge in [-0.15, -0.1) is 0 Å². The number of ether oxygens (including phenoxy) is 1. The smallest absolute Gasteiger partial charge is 0.253 e. The van der Waals surface area contributed by atoms with E-state index in [0.717, 1.165) is 32.5 Å². The van der Waals surface area contributed by atoms with Gasteiger partial charge in [-0.1, -0.05) is 12.1 Å². The van der Waals surface area contributed by atoms with Crippen molar-refractivity contribution in [1.29, 1.82) is 0 Å². The molecule has 3 N–H and O–H groups in total. The van der Waals surface area contributed by atoms with Gasteiger partial charge in [-0.05, 0) is 56.6 Å². The van der Waals surface area contributed by atoms with E-state index in [4.69, 9.17) is 4.74 Å². The maximum Gasteiger partial charge on any atom is 0.253 e. The van der Waals surface area contributed by atoms with E-state index in [0.29, 0.717) is 29.4 Å². The first-order valence-electron chi connectivity index (χ1n) is 10.2. The second-order valence-corrected chi connectivity index (χ2v) is 7.11. The van der Waals surface area contributed by atoms with Crippen molar-refractivity contribution in [3.63, 3.8) is 0 Å². The first kappa shape index (κ1) is 21.9. The van der Waals surface area contributed by atoms with Crippen LogP contribution in [0.15, 0.2) is 41.5 Å². The van der Waals surface area contributed by atoms with Crippen LogP contribution >= 0.6 is 0 Å². The highest BCUT2D eigenvalue weighted by Crippen LogP contribution is 2.23. The maximum absolute atomic E-state index is 13.7. The molecule has 1 aliphatic rings. The predicted octanol–water partition coefficient (Wildman–Crippen LogP) is 2.45. The number of piperidine rings is 1. The van der Waals surface area contributed by atoms with Gasteiger partial charge in [-0.25, -0.2) is 4.39 Å². The summed E-state index contributed by atoms with van der Waals surface area (Å²) in [6, 6.07) is 7.83. The lowest BCUT2D eigenvalue weighted by atomic mass is 9.98. The molecule has 1 aromatic carbocycles. The van der Waals surface area contributed by atoms with E-state index in [1.54, 1.807) is 37.5 Å². The summed E-state index contributed by atoms with van der Waals surface area (Å²) in [6.07, 6.45) is 5.43. The van der Waals surface area contributed by atoms with E-state index in [2.05, 4.69) is 25.9 Å². The van der Waals surface area contributed by atoms with E-state index in [1.165, 1.54) is 12.3 Å². The van der Waals surface area contributed by atoms with Crippen LogP contribution in [0.25, 0.3) is 0 Å². The molecule has 7 nitrogen and oxygen atoms in total. The molecule has 0 bridgehead atoms. The number of aromatic nitrogens is 1. The Balaban J connectivity index is 1.67. The lowest BCUT2D eigenvalue weighted by molar-refractivity contribution is 0.0963. The third kappa shape index (κ3) is 6.08. The second kappa shape index (κ2) is 11.4. The number of para-hydroxylation sites is 1. The van der Waals surface area contributed by atoms with E-state index >= 15 is 0 Å². The van der Waals surface area contributed by atoms with Crippen LogP contribution in [0.1, 0.15) is 28.9 Å². The topological polar surface area (TPSA) is 87.6 Å². The number of aliphatic imine (C=N–C) groups is 1. The van der Waals surface area contributed by atoms with Crippen molar-refractivity contribution in [2.75, 3.05) is 33.3 Å². The molecule has 3 rings (SSSR count). The summed E-state index contributed by atoms with van der Waals surface area (Å²) in [5, 5.41) is 9.44. The number of hydrogen-bond acceptors (Lipinski definition) is 6. The molecular formula is C22H28FN5O2. The summed E-state index contributed by atoms with van der Waals surface area (Å²) in [6.45, 7) is 3.58. The Bertz CT molecular complexity index is 868. The minimum atomic E-state index is -0.430. The first-order valence-corrected chi connectivity index (χ1v) is 10.2. The number of benzene rings is 1. The van der Waals surface area contributed by atoms with Crippen LogP contribution in [-0.4, -0.2) is 50.4 Å². The average Bonchev–Trinajstić information content (AvgIpc) is 2.78. The Morgan fingerprint density at radius 2 is 2.13 bits per heavy atom. The van der Waals surface area contributed by atoms with Crippen molar-refractivity contribution in [2.45, 2.75) is 19.4 Å². The molecule has 160 valence electrons. The summed E-state index contributed by atoms with van der Waals surface area (Å²) in [5.74, 6) is 0.125. The molecule has 1 saturated heterocycles. The Labute approximate surface area is 176 Å². The molecule has 0 spiro atoms. The number of amides is 1. The molecule has 1 aliphatic heterocycles. The Morgan fingerprint density at radius 3 is 2.90 bits per heavy atom. The highest BCUT2D eigenvalue weighted by molar-refractivity contribution is 5.99. The van der Waals surface area contributed by atoms with Crippen molar-refractivity contribution < 1.29 is 13.9 Å². The standard InChI is InChI=1S/C22H28FN5O2/c1-24-22(29)17-8-11-27-19(15-26-14-16-6-9-25-10-7-16)21(17)28-12-13-30-20-5-3-2-4-18(20)23/h2-5,8,11-12,16,25-26H,6-7,9-10,13-15H2,1H3,(H,24,29)/b28-12+. The average molecular weight is 413 g/mol. The molecule has 0 saturated carbocycles. The van der Waals surface area contributed by atoms with Gasteiger partial charge in [0.25, 0.3) is 5.91 Å². The van der Waals surface area contributed by atoms with Crippen LogP contribution in [0.5, 0.6) is 5.75 Å². The molecule has 1 fully saturated rings. The second-order valence-electron chi connectivity index (χ2n) is 7.11. The van der Waals surface area contributed by atoms with Crippen LogP contribution in [0.3, 0.4) is 0 Å². The predicted molar refractivity (Wildman–Crippen MR) is 115 cm³/mol. The molecule has 2 aromatic rings. The van der Waals surface area contributed by atoms with Crippen LogP contribution in [0.4, 0.5) is 10.1 Å². The molecule has 1 amide bonds. The zero-order valence-electron chi connectivity index (χ0n) is 17.2. The quantitative estimate of drug-likeness (QED) is 0.550. The van der Waals surface area contributed by atoms with Crippen LogP contribution in [0, 0.1) is 11.7 Å². The summed E-state index contributed by atoms with van der Waals surface area (Å²) in [7, 11) is 1.58. The Morgan fingerprint density at radius 1 is 1.33 bits per heavy atom. The summed E-state index contributed by atoms with van der Waals surface area (Å²) in [5.41, 5.74) is 1.62. The Kier molecular flexibility index (Phi) is 8.29. The molecule has 0 atom stereocenters. The van der Waals surface area contributed by atoms with Gasteiger partial charge in [0.1, 0.15) is 6.61 Å². The Hall–Kier alpha value is -2.84. The highest BCUT2D eigenvalue weighted by Gasteiger charge is 2.16. The highest BCUT2D eigenvalue weighted by atomic mass is 19.1. The van der Waals surface area contributed by atoms with E-state index in [9.17, 15) is 9.18 Å². The van der Waals surface area contributed by atoms with Crippen molar-refractivity contribution in [1.82, 2.24) is 20.9 Å². The van der Waals surface area contributed by atoms with Gasteiger partial charge in [0.2, 0.25) is 0 Å². The number of hydrogen-bond donors (Lipinski definition) is 3. The summed E-state index contributed by atoms with van der Waals surface area (Å²) < 4.78 is 19.1. The molecule has 0 unspecified atom stereocenters. The monoisotopic (exact) mass is 413 g/mol. The summed E-state index contributed by atoms with van der Waals surface area (Å²) in [4.78, 5) is 21.1. The van der Waals surface area contributed by atoms with E-state index in [1.807, 2.05) is 0 Å². The van der Waals surface area contributed by atoms with Gasteiger partial charge in [0.15, 0.2) is 11.6 Å². The van der Waals surface area contributed by atoms with Gasteiger partial charge in [-0.3, -0.25) is 14.8 Å². The van der Waals surface area contributed by atoms with Crippen LogP contribution in [-0.2, 0) is 6.54 Å². The normalized spacial score (nSPS) is 14.7. The van der Waals surface area contributed by atoms with E-state index < -0.39 is 5.82 Å². The molecule has 8 heteroatoms. The molecule has 1 aromatic heterocycles. The zero-order chi connectivity index (χ0) is 21.2. The number of rotatable bonds is 9. The number of nitrogens with one attached hydrogen (secondary N) is 3. The van der Waals surface area contributed by atoms with Crippen molar-refractivity contribution in [2.24, 2.45) is 10.9 Å². The fourth-order valence-electron chi connectivity index (χ4n) is 3.39. The van der Waals surface area contributed by atoms with Gasteiger partial charge in [0.05, 0.1) is 16.9 Å². The summed E-state index contributed by atoms with van der Waals surface area (Å²) >= 11 is 0. The zero-order valence-corrected chi connectivity index (χ0v) is 17.2. The SMILES string of the molecule is CNC(=O)c1ccnc(CNCC2CCNCC2)c1/N=C/COc1ccccc1F. The lowest BCUT2D eigenvalue weighted by Gasteiger charge is -2.22. The van der Waals surface area contributed by atoms with Gasteiger partial charge < -0.3 is 20.7 Å². The largest absolute Gasteiger partial charge is 0.485 e. The van der Waals surface area contributed by atoms with Gasteiger partial charge in [0, 0.05) is 26.0 Å². The fraction of sp³-hybridized carbons (Fsp3) is 0.409. The minimum absolute atomic E-state index is 0.0744. The maximum atomic E-state index is 13.7. The molecule has 0 radical (unpaired) electrons. The first-order chi connectivity index (χ1) is 14.7. The number of carbonyl (C=O) groups excluding carboxylic acids is 1. The molecular weight excluding hydrogens is 385 g/mol. The minimum Gasteiger partial charge on any atom is -0.485 e. The number of halogens is 1. The fourth-order valence-corrected chi connectivity index (χ4v) is 3.39. The lowest BCUT2D eigenvalue weighted by Crippen LogP contribution is -2.33. The third-order valence-corrected chi connectivity index (χ3v) is 5.03. The van der Waals surface area contributed by atoms with Crippen LogP contribution in [0.2, 0.25) is 0 Å². The van der Waals surface area contributed by atoms with Crippen LogP contribution < -0.4 is 20.7 Å². The molecule has 2 heterocycles. The van der Waals surface area contributed by atoms with Gasteiger partial charge >= 0.3 is 0 Å². The van der Waals surface area contributed by atoms with Crippen molar-refractivity contribution >= 4 is 17.8 Å². The number of nitrogens with zero attached hydrogens (tertiary/aromatic N) is 2. The molecule has 0 aliphatic carbocycles. The van der Waals surface area contributed by atoms with E-state index in [-0.39, 0.29) is 18.3 Å². The van der Waals surface area contributed by atoms with Crippen molar-refractivity contribution in [3.05, 3.63) is 53.6 Å². The third-order valence-electron chi connectivity index (χ3n) is 5.03.